The van der Waals surface area contributed by atoms with Gasteiger partial charge in [0.05, 0.1) is 27.2 Å². The number of carbonyl (C=O) groups is 2. The highest BCUT2D eigenvalue weighted by Gasteiger charge is 2.14. The molecule has 0 heterocycles. The molecule has 6 heteroatoms. The van der Waals surface area contributed by atoms with Crippen molar-refractivity contribution >= 4 is 22.6 Å². The zero-order valence-corrected chi connectivity index (χ0v) is 17.5. The molecule has 0 radical (unpaired) electrons. The fourth-order valence-electron chi connectivity index (χ4n) is 3.32. The van der Waals surface area contributed by atoms with Crippen molar-refractivity contribution < 1.29 is 19.1 Å². The van der Waals surface area contributed by atoms with Gasteiger partial charge in [-0.2, -0.15) is 0 Å². The minimum atomic E-state index is -0.185. The number of carbonyl (C=O) groups excluding carboxylic acids is 2. The molecular weight excluding hydrogens is 380 g/mol. The average Bonchev–Trinajstić information content (AvgIpc) is 2.77. The lowest BCUT2D eigenvalue weighted by Crippen LogP contribution is -2.38. The molecule has 0 unspecified atom stereocenters. The molecule has 0 saturated carbocycles. The molecule has 0 aromatic heterocycles. The van der Waals surface area contributed by atoms with Crippen molar-refractivity contribution in [3.63, 3.8) is 0 Å². The zero-order valence-electron chi connectivity index (χ0n) is 17.5. The van der Waals surface area contributed by atoms with Crippen molar-refractivity contribution in [1.82, 2.24) is 10.2 Å². The van der Waals surface area contributed by atoms with E-state index in [4.69, 9.17) is 9.47 Å². The van der Waals surface area contributed by atoms with E-state index in [1.165, 1.54) is 0 Å². The van der Waals surface area contributed by atoms with E-state index in [2.05, 4.69) is 5.32 Å². The van der Waals surface area contributed by atoms with Crippen LogP contribution >= 0.6 is 0 Å². The first-order valence-electron chi connectivity index (χ1n) is 9.70. The predicted molar refractivity (Wildman–Crippen MR) is 117 cm³/mol. The lowest BCUT2D eigenvalue weighted by atomic mass is 10.0. The summed E-state index contributed by atoms with van der Waals surface area (Å²) < 4.78 is 10.6. The first-order chi connectivity index (χ1) is 14.5. The smallest absolute Gasteiger partial charge is 0.242 e. The number of benzene rings is 3. The van der Waals surface area contributed by atoms with Crippen molar-refractivity contribution in [2.45, 2.75) is 13.0 Å². The molecule has 156 valence electrons. The summed E-state index contributed by atoms with van der Waals surface area (Å²) in [5.74, 6) is 0.966. The maximum absolute atomic E-state index is 12.5. The Kier molecular flexibility index (Phi) is 6.91. The molecule has 0 atom stereocenters. The first kappa shape index (κ1) is 21.2. The van der Waals surface area contributed by atoms with Crippen molar-refractivity contribution in [2.24, 2.45) is 0 Å². The Morgan fingerprint density at radius 3 is 2.47 bits per heavy atom. The first-order valence-corrected chi connectivity index (χ1v) is 9.70. The van der Waals surface area contributed by atoms with Gasteiger partial charge >= 0.3 is 0 Å². The summed E-state index contributed by atoms with van der Waals surface area (Å²) >= 11 is 0. The van der Waals surface area contributed by atoms with E-state index >= 15 is 0 Å². The molecule has 3 aromatic carbocycles. The summed E-state index contributed by atoms with van der Waals surface area (Å²) in [7, 11) is 4.86. The summed E-state index contributed by atoms with van der Waals surface area (Å²) in [6.45, 7) is 0.309. The molecule has 0 spiro atoms. The van der Waals surface area contributed by atoms with Crippen LogP contribution in [0.2, 0.25) is 0 Å². The molecule has 2 amide bonds. The van der Waals surface area contributed by atoms with E-state index in [9.17, 15) is 9.59 Å². The van der Waals surface area contributed by atoms with Crippen LogP contribution in [-0.4, -0.2) is 44.5 Å². The van der Waals surface area contributed by atoms with Gasteiger partial charge in [-0.1, -0.05) is 42.5 Å². The third-order valence-electron chi connectivity index (χ3n) is 5.00. The summed E-state index contributed by atoms with van der Waals surface area (Å²) in [6.07, 6.45) is 0.227. The molecule has 1 N–H and O–H groups in total. The van der Waals surface area contributed by atoms with Gasteiger partial charge in [0.1, 0.15) is 11.5 Å². The number of likely N-dealkylation sites (N-methyl/N-ethyl adjacent to an activating group) is 1. The van der Waals surface area contributed by atoms with Crippen LogP contribution in [0.3, 0.4) is 0 Å². The van der Waals surface area contributed by atoms with E-state index in [1.807, 2.05) is 54.6 Å². The lowest BCUT2D eigenvalue weighted by Gasteiger charge is -2.19. The fraction of sp³-hybridized carbons (Fsp3) is 0.250. The Bertz CT molecular complexity index is 1040. The summed E-state index contributed by atoms with van der Waals surface area (Å²) in [5.41, 5.74) is 1.80. The van der Waals surface area contributed by atoms with Gasteiger partial charge in [0.25, 0.3) is 0 Å². The topological polar surface area (TPSA) is 67.9 Å². The van der Waals surface area contributed by atoms with Gasteiger partial charge in [0, 0.05) is 25.2 Å². The number of hydrogen-bond donors (Lipinski definition) is 1. The summed E-state index contributed by atoms with van der Waals surface area (Å²) in [6, 6.07) is 19.3. The largest absolute Gasteiger partial charge is 0.497 e. The molecule has 0 aliphatic rings. The monoisotopic (exact) mass is 406 g/mol. The molecule has 6 nitrogen and oxygen atoms in total. The van der Waals surface area contributed by atoms with Crippen LogP contribution in [-0.2, 0) is 22.6 Å². The quantitative estimate of drug-likeness (QED) is 0.624. The summed E-state index contributed by atoms with van der Waals surface area (Å²) in [5, 5.41) is 4.86. The Hall–Kier alpha value is -3.54. The van der Waals surface area contributed by atoms with E-state index < -0.39 is 0 Å². The van der Waals surface area contributed by atoms with Crippen molar-refractivity contribution in [3.05, 3.63) is 71.8 Å². The van der Waals surface area contributed by atoms with Gasteiger partial charge in [-0.25, -0.2) is 0 Å². The van der Waals surface area contributed by atoms with Crippen LogP contribution in [0.15, 0.2) is 60.7 Å². The number of fused-ring (bicyclic) bond motifs is 1. The maximum Gasteiger partial charge on any atom is 0.242 e. The Morgan fingerprint density at radius 2 is 1.70 bits per heavy atom. The van der Waals surface area contributed by atoms with Crippen LogP contribution in [0.5, 0.6) is 11.5 Å². The molecule has 0 bridgehead atoms. The van der Waals surface area contributed by atoms with Crippen molar-refractivity contribution in [1.29, 1.82) is 0 Å². The standard InChI is InChI=1S/C24H26N2O4/c1-26(16-19-11-12-20(29-2)14-22(19)30-3)24(28)15-25-23(27)13-18-9-6-8-17-7-4-5-10-21(17)18/h4-12,14H,13,15-16H2,1-3H3,(H,25,27). The Balaban J connectivity index is 1.56. The minimum Gasteiger partial charge on any atom is -0.497 e. The highest BCUT2D eigenvalue weighted by Crippen LogP contribution is 2.25. The molecule has 3 rings (SSSR count). The van der Waals surface area contributed by atoms with Gasteiger partial charge < -0.3 is 19.7 Å². The van der Waals surface area contributed by atoms with Gasteiger partial charge in [0.15, 0.2) is 0 Å². The number of nitrogens with one attached hydrogen (secondary N) is 1. The van der Waals surface area contributed by atoms with E-state index in [1.54, 1.807) is 32.2 Å². The van der Waals surface area contributed by atoms with E-state index in [0.717, 1.165) is 21.9 Å². The molecule has 0 fully saturated rings. The highest BCUT2D eigenvalue weighted by atomic mass is 16.5. The van der Waals surface area contributed by atoms with Crippen molar-refractivity contribution in [2.75, 3.05) is 27.8 Å². The second-order valence-corrected chi connectivity index (χ2v) is 7.02. The third-order valence-corrected chi connectivity index (χ3v) is 5.00. The second kappa shape index (κ2) is 9.78. The van der Waals surface area contributed by atoms with E-state index in [0.29, 0.717) is 18.0 Å². The fourth-order valence-corrected chi connectivity index (χ4v) is 3.32. The number of amides is 2. The van der Waals surface area contributed by atoms with Gasteiger partial charge in [-0.05, 0) is 28.5 Å². The minimum absolute atomic E-state index is 0.0570. The molecule has 30 heavy (non-hydrogen) atoms. The SMILES string of the molecule is COc1ccc(CN(C)C(=O)CNC(=O)Cc2cccc3ccccc23)c(OC)c1. The molecule has 0 saturated heterocycles. The zero-order chi connectivity index (χ0) is 21.5. The van der Waals surface area contributed by atoms with Gasteiger partial charge in [0.2, 0.25) is 11.8 Å². The number of rotatable bonds is 8. The van der Waals surface area contributed by atoms with Gasteiger partial charge in [-0.15, -0.1) is 0 Å². The molecule has 3 aromatic rings. The second-order valence-electron chi connectivity index (χ2n) is 7.02. The number of ether oxygens (including phenoxy) is 2. The normalized spacial score (nSPS) is 10.5. The van der Waals surface area contributed by atoms with E-state index in [-0.39, 0.29) is 24.8 Å². The van der Waals surface area contributed by atoms with Crippen molar-refractivity contribution in [3.8, 4) is 11.5 Å². The van der Waals surface area contributed by atoms with Crippen LogP contribution in [0.1, 0.15) is 11.1 Å². The molecule has 0 aliphatic carbocycles. The number of methoxy groups -OCH3 is 2. The van der Waals surface area contributed by atoms with Crippen LogP contribution in [0, 0.1) is 0 Å². The maximum atomic E-state index is 12.5. The Morgan fingerprint density at radius 1 is 0.933 bits per heavy atom. The predicted octanol–water partition coefficient (Wildman–Crippen LogP) is 3.17. The average molecular weight is 406 g/mol. The highest BCUT2D eigenvalue weighted by molar-refractivity contribution is 5.91. The van der Waals surface area contributed by atoms with Crippen LogP contribution in [0.4, 0.5) is 0 Å². The van der Waals surface area contributed by atoms with Crippen LogP contribution < -0.4 is 14.8 Å². The lowest BCUT2D eigenvalue weighted by molar-refractivity contribution is -0.132. The Labute approximate surface area is 176 Å². The molecule has 0 aliphatic heterocycles. The number of hydrogen-bond acceptors (Lipinski definition) is 4. The third kappa shape index (κ3) is 5.08. The molecular formula is C24H26N2O4. The van der Waals surface area contributed by atoms with Gasteiger partial charge in [-0.3, -0.25) is 9.59 Å². The summed E-state index contributed by atoms with van der Waals surface area (Å²) in [4.78, 5) is 26.4. The number of nitrogens with zero attached hydrogens (tertiary/aromatic N) is 1. The van der Waals surface area contributed by atoms with Crippen LogP contribution in [0.25, 0.3) is 10.8 Å².